The molecule has 0 radical (unpaired) electrons. The molecular formula is C22H32B2N2O2. The Kier molecular flexibility index (Phi) is 9.70. The third kappa shape index (κ3) is 6.08. The van der Waals surface area contributed by atoms with Gasteiger partial charge in [-0.25, -0.2) is 0 Å². The maximum Gasteiger partial charge on any atom is 0.261 e. The summed E-state index contributed by atoms with van der Waals surface area (Å²) < 4.78 is 1.49. The molecule has 0 aromatic carbocycles. The number of unbranched alkanes of at least 4 members (excludes halogenated alkanes) is 1. The van der Waals surface area contributed by atoms with Crippen LogP contribution in [0.25, 0.3) is 5.57 Å². The van der Waals surface area contributed by atoms with E-state index < -0.39 is 0 Å². The third-order valence-electron chi connectivity index (χ3n) is 4.61. The molecule has 0 N–H and O–H groups in total. The SMILES string of the molecule is B\C(CCCC)=C(C(/C=C\C)=C/C=C\C)\c1c(C)nc(B)n(CC(C)=O)c1=O. The van der Waals surface area contributed by atoms with Gasteiger partial charge < -0.3 is 0 Å². The van der Waals surface area contributed by atoms with E-state index >= 15 is 0 Å². The number of carbonyl (C=O) groups is 1. The van der Waals surface area contributed by atoms with Crippen LogP contribution in [0.1, 0.15) is 58.2 Å². The average Bonchev–Trinajstić information content (AvgIpc) is 2.63. The highest BCUT2D eigenvalue weighted by Gasteiger charge is 2.20. The molecule has 0 unspecified atom stereocenters. The third-order valence-corrected chi connectivity index (χ3v) is 4.61. The zero-order chi connectivity index (χ0) is 21.3. The standard InChI is InChI=1S/C22H32B2N2O2/c1-6-9-12-17(11-8-3)20(18(23)13-10-7-2)19-16(5)25-22(24)26(21(19)28)14-15(4)27/h6,8-9,11-12H,7,10,13-14,23-24H2,1-5H3/b9-6-,11-8-,17-12+,20-18+. The van der Waals surface area contributed by atoms with Crippen molar-refractivity contribution < 1.29 is 4.79 Å². The van der Waals surface area contributed by atoms with Crippen LogP contribution in [0.2, 0.25) is 0 Å². The second-order valence-corrected chi connectivity index (χ2v) is 7.12. The smallest absolute Gasteiger partial charge is 0.261 e. The predicted octanol–water partition coefficient (Wildman–Crippen LogP) is 2.01. The second-order valence-electron chi connectivity index (χ2n) is 7.12. The maximum atomic E-state index is 13.4. The highest BCUT2D eigenvalue weighted by molar-refractivity contribution is 6.29. The average molecular weight is 378 g/mol. The van der Waals surface area contributed by atoms with Crippen molar-refractivity contribution in [2.24, 2.45) is 0 Å². The number of ketones is 1. The minimum absolute atomic E-state index is 0.0454. The zero-order valence-corrected chi connectivity index (χ0v) is 18.4. The summed E-state index contributed by atoms with van der Waals surface area (Å²) in [5.74, 6) is -0.0619. The van der Waals surface area contributed by atoms with Crippen LogP contribution < -0.4 is 11.3 Å². The fourth-order valence-electron chi connectivity index (χ4n) is 3.27. The van der Waals surface area contributed by atoms with Gasteiger partial charge in [0.1, 0.15) is 13.6 Å². The van der Waals surface area contributed by atoms with Gasteiger partial charge in [0.05, 0.1) is 23.5 Å². The van der Waals surface area contributed by atoms with Crippen molar-refractivity contribution in [2.45, 2.75) is 60.4 Å². The minimum Gasteiger partial charge on any atom is -0.298 e. The molecular weight excluding hydrogens is 346 g/mol. The van der Waals surface area contributed by atoms with Gasteiger partial charge in [0.15, 0.2) is 7.85 Å². The Balaban J connectivity index is 3.90. The van der Waals surface area contributed by atoms with Crippen molar-refractivity contribution in [3.8, 4) is 0 Å². The van der Waals surface area contributed by atoms with Gasteiger partial charge in [0.2, 0.25) is 0 Å². The Bertz CT molecular complexity index is 891. The summed E-state index contributed by atoms with van der Waals surface area (Å²) >= 11 is 0. The Morgan fingerprint density at radius 3 is 2.46 bits per heavy atom. The van der Waals surface area contributed by atoms with Crippen molar-refractivity contribution in [2.75, 3.05) is 0 Å². The van der Waals surface area contributed by atoms with Crippen molar-refractivity contribution in [1.82, 2.24) is 9.55 Å². The molecule has 0 fully saturated rings. The van der Waals surface area contributed by atoms with E-state index in [1.165, 1.54) is 11.5 Å². The largest absolute Gasteiger partial charge is 0.298 e. The number of aromatic nitrogens is 2. The molecule has 148 valence electrons. The molecule has 1 heterocycles. The summed E-state index contributed by atoms with van der Waals surface area (Å²) in [7, 11) is 3.86. The van der Waals surface area contributed by atoms with Gasteiger partial charge in [-0.05, 0) is 45.3 Å². The first-order valence-electron chi connectivity index (χ1n) is 10.0. The summed E-state index contributed by atoms with van der Waals surface area (Å²) in [6.45, 7) is 9.51. The topological polar surface area (TPSA) is 52.0 Å². The molecule has 0 aliphatic rings. The first kappa shape index (κ1) is 23.7. The van der Waals surface area contributed by atoms with Gasteiger partial charge in [0, 0.05) is 0 Å². The fourth-order valence-corrected chi connectivity index (χ4v) is 3.27. The number of aryl methyl sites for hydroxylation is 1. The van der Waals surface area contributed by atoms with Gasteiger partial charge >= 0.3 is 0 Å². The lowest BCUT2D eigenvalue weighted by Crippen LogP contribution is -2.40. The number of hydrogen-bond acceptors (Lipinski definition) is 3. The Labute approximate surface area is 171 Å². The van der Waals surface area contributed by atoms with Crippen LogP contribution in [0.5, 0.6) is 0 Å². The quantitative estimate of drug-likeness (QED) is 0.488. The molecule has 0 bridgehead atoms. The molecule has 0 amide bonds. The van der Waals surface area contributed by atoms with Crippen LogP contribution in [-0.2, 0) is 11.3 Å². The van der Waals surface area contributed by atoms with Crippen molar-refractivity contribution in [3.63, 3.8) is 0 Å². The second kappa shape index (κ2) is 11.5. The molecule has 0 saturated carbocycles. The zero-order valence-electron chi connectivity index (χ0n) is 18.4. The van der Waals surface area contributed by atoms with E-state index in [-0.39, 0.29) is 17.9 Å². The molecule has 1 aromatic rings. The molecule has 4 nitrogen and oxygen atoms in total. The first-order valence-corrected chi connectivity index (χ1v) is 10.0. The van der Waals surface area contributed by atoms with Gasteiger partial charge in [0.25, 0.3) is 5.56 Å². The predicted molar refractivity (Wildman–Crippen MR) is 125 cm³/mol. The number of rotatable bonds is 9. The van der Waals surface area contributed by atoms with E-state index in [0.717, 1.165) is 35.9 Å². The lowest BCUT2D eigenvalue weighted by Gasteiger charge is -2.19. The summed E-state index contributed by atoms with van der Waals surface area (Å²) in [6, 6.07) is 0. The highest BCUT2D eigenvalue weighted by Crippen LogP contribution is 2.28. The van der Waals surface area contributed by atoms with Gasteiger partial charge in [-0.1, -0.05) is 50.1 Å². The molecule has 0 saturated heterocycles. The number of nitrogens with zero attached hydrogens (tertiary/aromatic N) is 2. The minimum atomic E-state index is -0.151. The molecule has 1 aromatic heterocycles. The molecule has 1 rings (SSSR count). The van der Waals surface area contributed by atoms with E-state index in [1.54, 1.807) is 7.85 Å². The summed E-state index contributed by atoms with van der Waals surface area (Å²) in [5.41, 5.74) is 4.78. The normalized spacial score (nSPS) is 13.4. The highest BCUT2D eigenvalue weighted by atomic mass is 16.1. The van der Waals surface area contributed by atoms with E-state index in [1.807, 2.05) is 51.2 Å². The van der Waals surface area contributed by atoms with Gasteiger partial charge in [-0.2, -0.15) is 0 Å². The monoisotopic (exact) mass is 378 g/mol. The van der Waals surface area contributed by atoms with E-state index in [4.69, 9.17) is 0 Å². The van der Waals surface area contributed by atoms with Crippen molar-refractivity contribution in [1.29, 1.82) is 0 Å². The van der Waals surface area contributed by atoms with Crippen molar-refractivity contribution >= 4 is 32.8 Å². The molecule has 0 spiro atoms. The van der Waals surface area contributed by atoms with Crippen LogP contribution in [0.3, 0.4) is 0 Å². The maximum absolute atomic E-state index is 13.4. The van der Waals surface area contributed by atoms with Crippen LogP contribution in [0.15, 0.2) is 46.2 Å². The van der Waals surface area contributed by atoms with Gasteiger partial charge in [-0.15, -0.1) is 5.47 Å². The number of Topliss-reactive ketones (excluding diaryl/α,β-unsaturated/α-hetero) is 1. The number of allylic oxidation sites excluding steroid dienone is 8. The van der Waals surface area contributed by atoms with E-state index in [9.17, 15) is 9.59 Å². The van der Waals surface area contributed by atoms with Crippen molar-refractivity contribution in [3.05, 3.63) is 63.0 Å². The van der Waals surface area contributed by atoms with E-state index in [0.29, 0.717) is 17.0 Å². The van der Waals surface area contributed by atoms with Crippen LogP contribution in [0, 0.1) is 6.92 Å². The summed E-state index contributed by atoms with van der Waals surface area (Å²) in [6.07, 6.45) is 13.0. The molecule has 0 atom stereocenters. The Hall–Kier alpha value is -2.36. The number of hydrogen-bond donors (Lipinski definition) is 0. The summed E-state index contributed by atoms with van der Waals surface area (Å²) in [5, 5.41) is 0. The van der Waals surface area contributed by atoms with Gasteiger partial charge in [-0.3, -0.25) is 19.1 Å². The molecule has 0 aliphatic carbocycles. The molecule has 6 heteroatoms. The van der Waals surface area contributed by atoms with Crippen LogP contribution in [-0.4, -0.2) is 31.0 Å². The van der Waals surface area contributed by atoms with E-state index in [2.05, 4.69) is 19.8 Å². The molecule has 0 aliphatic heterocycles. The summed E-state index contributed by atoms with van der Waals surface area (Å²) in [4.78, 5) is 29.7. The first-order chi connectivity index (χ1) is 13.3. The van der Waals surface area contributed by atoms with Crippen LogP contribution in [0.4, 0.5) is 0 Å². The Morgan fingerprint density at radius 2 is 1.93 bits per heavy atom. The molecule has 28 heavy (non-hydrogen) atoms. The lowest BCUT2D eigenvalue weighted by atomic mass is 9.79. The Morgan fingerprint density at radius 1 is 1.25 bits per heavy atom. The van der Waals surface area contributed by atoms with Crippen LogP contribution >= 0.6 is 0 Å². The fraction of sp³-hybridized carbons (Fsp3) is 0.409. The number of carbonyl (C=O) groups excluding carboxylic acids is 1. The lowest BCUT2D eigenvalue weighted by molar-refractivity contribution is -0.117.